The van der Waals surface area contributed by atoms with Gasteiger partial charge >= 0.3 is 0 Å². The maximum Gasteiger partial charge on any atom is 0.179 e. The molecule has 4 heteroatoms. The first-order valence-electron chi connectivity index (χ1n) is 6.25. The third kappa shape index (κ3) is 1.95. The normalized spacial score (nSPS) is 11.9. The summed E-state index contributed by atoms with van der Waals surface area (Å²) in [5.41, 5.74) is 8.28. The molecule has 0 aliphatic heterocycles. The first-order valence-corrected chi connectivity index (χ1v) is 6.25. The van der Waals surface area contributed by atoms with E-state index in [4.69, 9.17) is 5.73 Å². The Bertz CT molecular complexity index is 713. The van der Waals surface area contributed by atoms with Gasteiger partial charge in [-0.05, 0) is 31.5 Å². The number of nitrogen functional groups attached to an aromatic ring is 1. The minimum absolute atomic E-state index is 0.198. The van der Waals surface area contributed by atoms with E-state index in [1.807, 2.05) is 24.3 Å². The van der Waals surface area contributed by atoms with Crippen LogP contribution in [-0.4, -0.2) is 15.0 Å². The maximum absolute atomic E-state index is 5.69. The Labute approximate surface area is 111 Å². The van der Waals surface area contributed by atoms with E-state index in [0.717, 1.165) is 11.3 Å². The third-order valence-corrected chi connectivity index (χ3v) is 3.45. The number of H-pyrrole nitrogens is 1. The molecule has 19 heavy (non-hydrogen) atoms. The number of nitrogens with two attached hydrogens (primary N) is 1. The number of nitrogens with one attached hydrogen (secondary N) is 1. The molecule has 0 unspecified atom stereocenters. The molecule has 0 saturated heterocycles. The molecule has 0 atom stereocenters. The Morgan fingerprint density at radius 1 is 1.00 bits per heavy atom. The molecule has 0 fully saturated rings. The highest BCUT2D eigenvalue weighted by atomic mass is 15.0. The first kappa shape index (κ1) is 11.7. The molecule has 1 aromatic carbocycles. The van der Waals surface area contributed by atoms with Crippen molar-refractivity contribution in [2.24, 2.45) is 0 Å². The summed E-state index contributed by atoms with van der Waals surface area (Å²) in [5.74, 6) is 1.38. The van der Waals surface area contributed by atoms with E-state index in [0.29, 0.717) is 11.5 Å². The number of anilines is 1. The minimum Gasteiger partial charge on any atom is -0.384 e. The molecule has 96 valence electrons. The van der Waals surface area contributed by atoms with E-state index >= 15 is 0 Å². The average molecular weight is 252 g/mol. The van der Waals surface area contributed by atoms with Crippen molar-refractivity contribution in [2.75, 3.05) is 5.73 Å². The van der Waals surface area contributed by atoms with E-state index in [-0.39, 0.29) is 5.41 Å². The van der Waals surface area contributed by atoms with Crippen LogP contribution in [0.25, 0.3) is 11.2 Å². The fourth-order valence-corrected chi connectivity index (χ4v) is 2.19. The van der Waals surface area contributed by atoms with Crippen LogP contribution in [0, 0.1) is 0 Å². The zero-order valence-electron chi connectivity index (χ0n) is 11.0. The Morgan fingerprint density at radius 3 is 2.47 bits per heavy atom. The molecule has 0 aliphatic rings. The van der Waals surface area contributed by atoms with Crippen molar-refractivity contribution < 1.29 is 0 Å². The van der Waals surface area contributed by atoms with Crippen LogP contribution in [0.5, 0.6) is 0 Å². The van der Waals surface area contributed by atoms with Gasteiger partial charge in [0.05, 0.1) is 5.52 Å². The van der Waals surface area contributed by atoms with Crippen LogP contribution >= 0.6 is 0 Å². The second-order valence-corrected chi connectivity index (χ2v) is 5.18. The van der Waals surface area contributed by atoms with Gasteiger partial charge in [0, 0.05) is 5.41 Å². The van der Waals surface area contributed by atoms with Gasteiger partial charge in [0.25, 0.3) is 0 Å². The van der Waals surface area contributed by atoms with Gasteiger partial charge in [-0.3, -0.25) is 0 Å². The molecule has 0 aliphatic carbocycles. The predicted molar refractivity (Wildman–Crippen MR) is 76.9 cm³/mol. The second kappa shape index (κ2) is 4.09. The smallest absolute Gasteiger partial charge is 0.179 e. The van der Waals surface area contributed by atoms with Gasteiger partial charge in [0.1, 0.15) is 11.6 Å². The van der Waals surface area contributed by atoms with Crippen LogP contribution in [0.15, 0.2) is 42.5 Å². The van der Waals surface area contributed by atoms with Crippen LogP contribution in [0.3, 0.4) is 0 Å². The molecule has 3 rings (SSSR count). The highest BCUT2D eigenvalue weighted by molar-refractivity contribution is 5.72. The largest absolute Gasteiger partial charge is 0.384 e. The fraction of sp³-hybridized carbons (Fsp3) is 0.200. The highest BCUT2D eigenvalue weighted by Crippen LogP contribution is 2.30. The van der Waals surface area contributed by atoms with Crippen LogP contribution in [0.1, 0.15) is 25.2 Å². The number of pyridine rings is 1. The molecule has 2 heterocycles. The predicted octanol–water partition coefficient (Wildman–Crippen LogP) is 2.87. The van der Waals surface area contributed by atoms with Gasteiger partial charge in [-0.2, -0.15) is 0 Å². The van der Waals surface area contributed by atoms with Gasteiger partial charge in [-0.15, -0.1) is 0 Å². The Kier molecular flexibility index (Phi) is 2.52. The summed E-state index contributed by atoms with van der Waals surface area (Å²) >= 11 is 0. The van der Waals surface area contributed by atoms with Crippen molar-refractivity contribution in [3.8, 4) is 0 Å². The SMILES string of the molecule is CC(C)(c1ccccc1)c1nc2nc(N)ccc2[nH]1. The molecule has 0 bridgehead atoms. The lowest BCUT2D eigenvalue weighted by atomic mass is 9.84. The van der Waals surface area contributed by atoms with Gasteiger partial charge in [0.15, 0.2) is 5.65 Å². The number of benzene rings is 1. The van der Waals surface area contributed by atoms with Crippen molar-refractivity contribution in [3.63, 3.8) is 0 Å². The summed E-state index contributed by atoms with van der Waals surface area (Å²) in [7, 11) is 0. The van der Waals surface area contributed by atoms with Gasteiger partial charge in [-0.25, -0.2) is 9.97 Å². The number of imidazole rings is 1. The highest BCUT2D eigenvalue weighted by Gasteiger charge is 2.26. The molecule has 4 nitrogen and oxygen atoms in total. The van der Waals surface area contributed by atoms with Gasteiger partial charge in [-0.1, -0.05) is 30.3 Å². The van der Waals surface area contributed by atoms with E-state index in [2.05, 4.69) is 40.9 Å². The topological polar surface area (TPSA) is 67.6 Å². The summed E-state index contributed by atoms with van der Waals surface area (Å²) < 4.78 is 0. The lowest BCUT2D eigenvalue weighted by Gasteiger charge is -2.22. The van der Waals surface area contributed by atoms with Gasteiger partial charge < -0.3 is 10.7 Å². The number of aromatic nitrogens is 3. The molecule has 2 aromatic heterocycles. The molecule has 0 spiro atoms. The van der Waals surface area contributed by atoms with Crippen molar-refractivity contribution in [1.82, 2.24) is 15.0 Å². The summed E-state index contributed by atoms with van der Waals surface area (Å²) in [6.45, 7) is 4.28. The number of hydrogen-bond acceptors (Lipinski definition) is 3. The van der Waals surface area contributed by atoms with Crippen molar-refractivity contribution in [1.29, 1.82) is 0 Å². The molecule has 3 N–H and O–H groups in total. The Hall–Kier alpha value is -2.36. The quantitative estimate of drug-likeness (QED) is 0.737. The molecular weight excluding hydrogens is 236 g/mol. The zero-order chi connectivity index (χ0) is 13.5. The minimum atomic E-state index is -0.198. The van der Waals surface area contributed by atoms with E-state index < -0.39 is 0 Å². The lowest BCUT2D eigenvalue weighted by molar-refractivity contribution is 0.601. The monoisotopic (exact) mass is 252 g/mol. The third-order valence-electron chi connectivity index (χ3n) is 3.45. The van der Waals surface area contributed by atoms with Crippen LogP contribution in [0.2, 0.25) is 0 Å². The number of aromatic amines is 1. The standard InChI is InChI=1S/C15H16N4/c1-15(2,10-6-4-3-5-7-10)14-17-11-8-9-12(16)18-13(11)19-14/h3-9H,1-2H3,(H3,16,17,18,19). The Balaban J connectivity index is 2.13. The lowest BCUT2D eigenvalue weighted by Crippen LogP contribution is -2.20. The van der Waals surface area contributed by atoms with E-state index in [9.17, 15) is 0 Å². The number of rotatable bonds is 2. The average Bonchev–Trinajstić information content (AvgIpc) is 2.83. The van der Waals surface area contributed by atoms with Crippen molar-refractivity contribution in [3.05, 3.63) is 53.9 Å². The number of fused-ring (bicyclic) bond motifs is 1. The first-order chi connectivity index (χ1) is 9.07. The van der Waals surface area contributed by atoms with E-state index in [1.54, 1.807) is 6.07 Å². The number of nitrogens with zero attached hydrogens (tertiary/aromatic N) is 2. The fourth-order valence-electron chi connectivity index (χ4n) is 2.19. The molecule has 3 aromatic rings. The van der Waals surface area contributed by atoms with Crippen molar-refractivity contribution in [2.45, 2.75) is 19.3 Å². The summed E-state index contributed by atoms with van der Waals surface area (Å²) in [6, 6.07) is 14.0. The summed E-state index contributed by atoms with van der Waals surface area (Å²) in [4.78, 5) is 12.1. The van der Waals surface area contributed by atoms with E-state index in [1.165, 1.54) is 5.56 Å². The molecule has 0 amide bonds. The number of hydrogen-bond donors (Lipinski definition) is 2. The van der Waals surface area contributed by atoms with Gasteiger partial charge in [0.2, 0.25) is 0 Å². The maximum atomic E-state index is 5.69. The van der Waals surface area contributed by atoms with Crippen LogP contribution in [-0.2, 0) is 5.41 Å². The molecule has 0 saturated carbocycles. The molecular formula is C15H16N4. The molecule has 0 radical (unpaired) electrons. The summed E-state index contributed by atoms with van der Waals surface area (Å²) in [5, 5.41) is 0. The summed E-state index contributed by atoms with van der Waals surface area (Å²) in [6.07, 6.45) is 0. The Morgan fingerprint density at radius 2 is 1.74 bits per heavy atom. The van der Waals surface area contributed by atoms with Crippen molar-refractivity contribution >= 4 is 17.0 Å². The van der Waals surface area contributed by atoms with Crippen LogP contribution in [0.4, 0.5) is 5.82 Å². The zero-order valence-corrected chi connectivity index (χ0v) is 11.0. The second-order valence-electron chi connectivity index (χ2n) is 5.18. The van der Waals surface area contributed by atoms with Crippen LogP contribution < -0.4 is 5.73 Å².